The van der Waals surface area contributed by atoms with Gasteiger partial charge in [-0.2, -0.15) is 0 Å². The maximum atomic E-state index is 12.2. The molecule has 1 N–H and O–H groups in total. The van der Waals surface area contributed by atoms with Crippen molar-refractivity contribution in [3.05, 3.63) is 0 Å². The SMILES string of the molecule is CCC(C)N1CCN(C(=O)C2CSCN2)CC1. The number of amides is 1. The lowest BCUT2D eigenvalue weighted by Gasteiger charge is -2.38. The van der Waals surface area contributed by atoms with Crippen molar-refractivity contribution in [3.63, 3.8) is 0 Å². The Hall–Kier alpha value is -0.260. The van der Waals surface area contributed by atoms with Crippen molar-refractivity contribution >= 4 is 17.7 Å². The highest BCUT2D eigenvalue weighted by atomic mass is 32.2. The average molecular weight is 257 g/mol. The average Bonchev–Trinajstić information content (AvgIpc) is 2.91. The molecule has 2 fully saturated rings. The molecule has 1 amide bonds. The van der Waals surface area contributed by atoms with Crippen molar-refractivity contribution < 1.29 is 4.79 Å². The van der Waals surface area contributed by atoms with Gasteiger partial charge in [0.05, 0.1) is 6.04 Å². The number of nitrogens with one attached hydrogen (secondary N) is 1. The highest BCUT2D eigenvalue weighted by Gasteiger charge is 2.30. The molecule has 17 heavy (non-hydrogen) atoms. The van der Waals surface area contributed by atoms with Crippen LogP contribution in [0.25, 0.3) is 0 Å². The molecule has 0 radical (unpaired) electrons. The van der Waals surface area contributed by atoms with Gasteiger partial charge in [0.1, 0.15) is 0 Å². The molecule has 4 nitrogen and oxygen atoms in total. The molecule has 2 aliphatic heterocycles. The molecule has 0 aromatic heterocycles. The molecule has 2 rings (SSSR count). The van der Waals surface area contributed by atoms with E-state index in [1.807, 2.05) is 16.7 Å². The van der Waals surface area contributed by atoms with E-state index < -0.39 is 0 Å². The lowest BCUT2D eigenvalue weighted by atomic mass is 10.1. The number of hydrogen-bond acceptors (Lipinski definition) is 4. The summed E-state index contributed by atoms with van der Waals surface area (Å²) in [7, 11) is 0. The fourth-order valence-corrected chi connectivity index (χ4v) is 3.35. The third-order valence-electron chi connectivity index (χ3n) is 3.85. The maximum Gasteiger partial charge on any atom is 0.240 e. The Morgan fingerprint density at radius 3 is 2.65 bits per heavy atom. The van der Waals surface area contributed by atoms with Gasteiger partial charge in [-0.3, -0.25) is 15.0 Å². The van der Waals surface area contributed by atoms with Crippen molar-refractivity contribution in [1.29, 1.82) is 0 Å². The summed E-state index contributed by atoms with van der Waals surface area (Å²) in [4.78, 5) is 16.7. The second kappa shape index (κ2) is 6.07. The van der Waals surface area contributed by atoms with Crippen LogP contribution in [0.4, 0.5) is 0 Å². The number of nitrogens with zero attached hydrogens (tertiary/aromatic N) is 2. The third-order valence-corrected chi connectivity index (χ3v) is 4.79. The van der Waals surface area contributed by atoms with E-state index in [-0.39, 0.29) is 6.04 Å². The van der Waals surface area contributed by atoms with E-state index in [1.165, 1.54) is 6.42 Å². The van der Waals surface area contributed by atoms with Crippen LogP contribution in [0.2, 0.25) is 0 Å². The van der Waals surface area contributed by atoms with Gasteiger partial charge in [0.2, 0.25) is 5.91 Å². The summed E-state index contributed by atoms with van der Waals surface area (Å²) in [6.07, 6.45) is 1.19. The van der Waals surface area contributed by atoms with Crippen LogP contribution in [-0.4, -0.2) is 65.6 Å². The van der Waals surface area contributed by atoms with Crippen LogP contribution in [-0.2, 0) is 4.79 Å². The van der Waals surface area contributed by atoms with Crippen LogP contribution in [0.3, 0.4) is 0 Å². The number of rotatable bonds is 3. The summed E-state index contributed by atoms with van der Waals surface area (Å²) < 4.78 is 0. The Labute approximate surface area is 108 Å². The van der Waals surface area contributed by atoms with Gasteiger partial charge >= 0.3 is 0 Å². The van der Waals surface area contributed by atoms with Gasteiger partial charge in [-0.05, 0) is 13.3 Å². The van der Waals surface area contributed by atoms with Gasteiger partial charge in [0.15, 0.2) is 0 Å². The Kier molecular flexibility index (Phi) is 4.70. The van der Waals surface area contributed by atoms with Crippen LogP contribution in [0.5, 0.6) is 0 Å². The Bertz CT molecular complexity index is 260. The second-order valence-electron chi connectivity index (χ2n) is 4.89. The van der Waals surface area contributed by atoms with E-state index in [0.29, 0.717) is 11.9 Å². The van der Waals surface area contributed by atoms with Gasteiger partial charge in [0, 0.05) is 43.9 Å². The number of thioether (sulfide) groups is 1. The molecule has 2 aliphatic rings. The minimum Gasteiger partial charge on any atom is -0.339 e. The summed E-state index contributed by atoms with van der Waals surface area (Å²) >= 11 is 1.81. The highest BCUT2D eigenvalue weighted by molar-refractivity contribution is 7.99. The van der Waals surface area contributed by atoms with Crippen molar-refractivity contribution in [2.45, 2.75) is 32.4 Å². The largest absolute Gasteiger partial charge is 0.339 e. The predicted octanol–water partition coefficient (Wildman–Crippen LogP) is 0.592. The van der Waals surface area contributed by atoms with E-state index in [0.717, 1.165) is 37.8 Å². The Morgan fingerprint density at radius 2 is 2.12 bits per heavy atom. The maximum absolute atomic E-state index is 12.2. The predicted molar refractivity (Wildman–Crippen MR) is 72.2 cm³/mol. The topological polar surface area (TPSA) is 35.6 Å². The molecule has 2 heterocycles. The molecular weight excluding hydrogens is 234 g/mol. The summed E-state index contributed by atoms with van der Waals surface area (Å²) in [5, 5.41) is 3.26. The molecular formula is C12H23N3OS. The van der Waals surface area contributed by atoms with Crippen LogP contribution < -0.4 is 5.32 Å². The lowest BCUT2D eigenvalue weighted by molar-refractivity contribution is -0.134. The smallest absolute Gasteiger partial charge is 0.240 e. The molecule has 98 valence electrons. The second-order valence-corrected chi connectivity index (χ2v) is 5.92. The van der Waals surface area contributed by atoms with Crippen molar-refractivity contribution in [2.24, 2.45) is 0 Å². The molecule has 0 bridgehead atoms. The van der Waals surface area contributed by atoms with Crippen molar-refractivity contribution in [1.82, 2.24) is 15.1 Å². The van der Waals surface area contributed by atoms with Crippen molar-refractivity contribution in [3.8, 4) is 0 Å². The number of piperazine rings is 1. The molecule has 2 saturated heterocycles. The van der Waals surface area contributed by atoms with Crippen LogP contribution in [0.15, 0.2) is 0 Å². The first kappa shape index (κ1) is 13.2. The van der Waals surface area contributed by atoms with Gasteiger partial charge in [-0.15, -0.1) is 11.8 Å². The zero-order chi connectivity index (χ0) is 12.3. The van der Waals surface area contributed by atoms with Crippen LogP contribution in [0, 0.1) is 0 Å². The van der Waals surface area contributed by atoms with Gasteiger partial charge < -0.3 is 4.90 Å². The molecule has 0 aliphatic carbocycles. The van der Waals surface area contributed by atoms with Crippen LogP contribution >= 0.6 is 11.8 Å². The number of carbonyl (C=O) groups excluding carboxylic acids is 1. The first-order chi connectivity index (χ1) is 8.22. The van der Waals surface area contributed by atoms with E-state index in [2.05, 4.69) is 24.1 Å². The molecule has 5 heteroatoms. The zero-order valence-electron chi connectivity index (χ0n) is 10.8. The summed E-state index contributed by atoms with van der Waals surface area (Å²) in [5.41, 5.74) is 0. The summed E-state index contributed by atoms with van der Waals surface area (Å²) in [6.45, 7) is 8.34. The van der Waals surface area contributed by atoms with Gasteiger partial charge in [-0.25, -0.2) is 0 Å². The Morgan fingerprint density at radius 1 is 1.41 bits per heavy atom. The van der Waals surface area contributed by atoms with Gasteiger partial charge in [-0.1, -0.05) is 6.92 Å². The third kappa shape index (κ3) is 3.14. The van der Waals surface area contributed by atoms with Crippen molar-refractivity contribution in [2.75, 3.05) is 37.8 Å². The first-order valence-corrected chi connectivity index (χ1v) is 7.71. The minimum atomic E-state index is 0.0650. The highest BCUT2D eigenvalue weighted by Crippen LogP contribution is 2.14. The Balaban J connectivity index is 1.80. The number of carbonyl (C=O) groups is 1. The van der Waals surface area contributed by atoms with E-state index in [4.69, 9.17) is 0 Å². The van der Waals surface area contributed by atoms with E-state index in [9.17, 15) is 4.79 Å². The quantitative estimate of drug-likeness (QED) is 0.803. The summed E-state index contributed by atoms with van der Waals surface area (Å²) in [5.74, 6) is 2.16. The molecule has 0 spiro atoms. The fourth-order valence-electron chi connectivity index (χ4n) is 2.42. The van der Waals surface area contributed by atoms with Gasteiger partial charge in [0.25, 0.3) is 0 Å². The first-order valence-electron chi connectivity index (χ1n) is 6.56. The lowest BCUT2D eigenvalue weighted by Crippen LogP contribution is -2.55. The monoisotopic (exact) mass is 257 g/mol. The normalized spacial score (nSPS) is 28.4. The molecule has 0 aromatic rings. The molecule has 0 saturated carbocycles. The summed E-state index contributed by atoms with van der Waals surface area (Å²) in [6, 6.07) is 0.711. The zero-order valence-corrected chi connectivity index (χ0v) is 11.6. The standard InChI is InChI=1S/C12H23N3OS/c1-3-10(2)14-4-6-15(7-5-14)12(16)11-8-17-9-13-11/h10-11,13H,3-9H2,1-2H3. The number of hydrogen-bond donors (Lipinski definition) is 1. The minimum absolute atomic E-state index is 0.0650. The van der Waals surface area contributed by atoms with E-state index in [1.54, 1.807) is 0 Å². The van der Waals surface area contributed by atoms with Crippen LogP contribution in [0.1, 0.15) is 20.3 Å². The molecule has 2 unspecified atom stereocenters. The van der Waals surface area contributed by atoms with E-state index >= 15 is 0 Å². The molecule has 0 aromatic carbocycles. The molecule has 2 atom stereocenters. The fraction of sp³-hybridized carbons (Fsp3) is 0.917.